The zero-order chi connectivity index (χ0) is 28.4. The molecule has 0 fully saturated rings. The molecule has 0 aliphatic heterocycles. The number of nitrogens with zero attached hydrogens (tertiary/aromatic N) is 1. The molecule has 0 radical (unpaired) electrons. The van der Waals surface area contributed by atoms with E-state index in [4.69, 9.17) is 4.74 Å². The van der Waals surface area contributed by atoms with Gasteiger partial charge in [0.05, 0.1) is 29.1 Å². The van der Waals surface area contributed by atoms with Crippen LogP contribution >= 0.6 is 0 Å². The number of pyridine rings is 1. The number of ether oxygens (including phenoxy) is 1. The maximum Gasteiger partial charge on any atom is 0.338 e. The lowest BCUT2D eigenvalue weighted by molar-refractivity contribution is 0.0527. The lowest BCUT2D eigenvalue weighted by Gasteiger charge is -2.18. The molecule has 0 aliphatic rings. The average Bonchev–Trinajstić information content (AvgIpc) is 2.95. The van der Waals surface area contributed by atoms with Crippen LogP contribution in [0.4, 0.5) is 4.39 Å². The van der Waals surface area contributed by atoms with E-state index < -0.39 is 32.1 Å². The van der Waals surface area contributed by atoms with Crippen molar-refractivity contribution in [3.05, 3.63) is 130 Å². The molecule has 0 saturated heterocycles. The molecule has 4 aromatic carbocycles. The van der Waals surface area contributed by atoms with Crippen LogP contribution < -0.4 is 5.56 Å². The topological polar surface area (TPSA) is 82.4 Å². The number of aromatic nitrogens is 1. The number of esters is 1. The summed E-state index contributed by atoms with van der Waals surface area (Å²) in [6.07, 6.45) is 0. The number of sulfone groups is 1. The quantitative estimate of drug-likeness (QED) is 0.224. The minimum atomic E-state index is -4.25. The van der Waals surface area contributed by atoms with E-state index in [2.05, 4.69) is 0 Å². The first-order valence-electron chi connectivity index (χ1n) is 12.7. The highest BCUT2D eigenvalue weighted by Crippen LogP contribution is 2.35. The van der Waals surface area contributed by atoms with Crippen molar-refractivity contribution in [3.63, 3.8) is 0 Å². The third-order valence-corrected chi connectivity index (χ3v) is 8.44. The van der Waals surface area contributed by atoms with Gasteiger partial charge in [0.25, 0.3) is 5.56 Å². The second-order valence-corrected chi connectivity index (χ2v) is 11.3. The van der Waals surface area contributed by atoms with Crippen LogP contribution in [0.1, 0.15) is 28.4 Å². The largest absolute Gasteiger partial charge is 0.462 e. The van der Waals surface area contributed by atoms with Gasteiger partial charge in [-0.3, -0.25) is 4.79 Å². The van der Waals surface area contributed by atoms with Crippen LogP contribution in [0.5, 0.6) is 0 Å². The number of halogens is 1. The van der Waals surface area contributed by atoms with Crippen LogP contribution in [0.15, 0.2) is 112 Å². The smallest absolute Gasteiger partial charge is 0.338 e. The second kappa shape index (κ2) is 10.9. The Bertz CT molecular complexity index is 1880. The van der Waals surface area contributed by atoms with Crippen molar-refractivity contribution >= 4 is 26.7 Å². The van der Waals surface area contributed by atoms with Crippen molar-refractivity contribution in [2.75, 3.05) is 6.61 Å². The van der Waals surface area contributed by atoms with E-state index in [9.17, 15) is 22.4 Å². The van der Waals surface area contributed by atoms with E-state index in [1.54, 1.807) is 31.2 Å². The Morgan fingerprint density at radius 1 is 0.900 bits per heavy atom. The molecule has 0 N–H and O–H groups in total. The van der Waals surface area contributed by atoms with Gasteiger partial charge in [-0.15, -0.1) is 0 Å². The summed E-state index contributed by atoms with van der Waals surface area (Å²) in [5.41, 5.74) is 2.38. The first kappa shape index (κ1) is 27.0. The Morgan fingerprint density at radius 3 is 2.23 bits per heavy atom. The van der Waals surface area contributed by atoms with Gasteiger partial charge in [0, 0.05) is 10.9 Å². The van der Waals surface area contributed by atoms with Crippen LogP contribution in [-0.2, 0) is 21.1 Å². The summed E-state index contributed by atoms with van der Waals surface area (Å²) in [6.45, 7) is 3.74. The van der Waals surface area contributed by atoms with Crippen LogP contribution in [0.2, 0.25) is 0 Å². The van der Waals surface area contributed by atoms with Gasteiger partial charge in [-0.25, -0.2) is 17.6 Å². The van der Waals surface area contributed by atoms with Gasteiger partial charge in [0.15, 0.2) is 0 Å². The molecule has 1 aromatic heterocycles. The molecule has 0 aliphatic carbocycles. The number of carbonyl (C=O) groups is 1. The number of benzene rings is 4. The minimum absolute atomic E-state index is 0.0225. The van der Waals surface area contributed by atoms with E-state index in [0.717, 1.165) is 11.1 Å². The lowest BCUT2D eigenvalue weighted by Crippen LogP contribution is -2.27. The molecule has 202 valence electrons. The summed E-state index contributed by atoms with van der Waals surface area (Å²) >= 11 is 0. The fraction of sp³-hybridized carbons (Fsp3) is 0.125. The fourth-order valence-corrected chi connectivity index (χ4v) is 6.05. The van der Waals surface area contributed by atoms with Crippen molar-refractivity contribution in [1.29, 1.82) is 0 Å². The zero-order valence-electron chi connectivity index (χ0n) is 21.9. The number of rotatable bonds is 7. The summed E-state index contributed by atoms with van der Waals surface area (Å²) in [7, 11) is -4.25. The molecule has 40 heavy (non-hydrogen) atoms. The molecule has 0 saturated carbocycles. The molecule has 8 heteroatoms. The molecule has 6 nitrogen and oxygen atoms in total. The van der Waals surface area contributed by atoms with E-state index in [1.807, 2.05) is 37.3 Å². The van der Waals surface area contributed by atoms with E-state index in [1.165, 1.54) is 47.0 Å². The molecule has 5 rings (SSSR count). The van der Waals surface area contributed by atoms with Gasteiger partial charge in [-0.1, -0.05) is 60.2 Å². The minimum Gasteiger partial charge on any atom is -0.462 e. The summed E-state index contributed by atoms with van der Waals surface area (Å²) < 4.78 is 48.3. The Hall–Kier alpha value is -4.56. The second-order valence-electron chi connectivity index (χ2n) is 9.35. The van der Waals surface area contributed by atoms with Gasteiger partial charge in [0.1, 0.15) is 10.7 Å². The third-order valence-electron chi connectivity index (χ3n) is 6.68. The van der Waals surface area contributed by atoms with Gasteiger partial charge in [-0.2, -0.15) is 0 Å². The summed E-state index contributed by atoms with van der Waals surface area (Å²) in [4.78, 5) is 26.5. The van der Waals surface area contributed by atoms with E-state index in [-0.39, 0.29) is 23.6 Å². The molecule has 0 atom stereocenters. The van der Waals surface area contributed by atoms with Gasteiger partial charge >= 0.3 is 5.97 Å². The molecule has 0 amide bonds. The normalized spacial score (nSPS) is 11.5. The highest BCUT2D eigenvalue weighted by Gasteiger charge is 2.27. The maximum absolute atomic E-state index is 13.9. The van der Waals surface area contributed by atoms with Crippen LogP contribution in [0.25, 0.3) is 22.0 Å². The number of aryl methyl sites for hydroxylation is 1. The maximum atomic E-state index is 13.9. The van der Waals surface area contributed by atoms with Crippen LogP contribution in [-0.4, -0.2) is 25.6 Å². The first-order chi connectivity index (χ1) is 19.2. The zero-order valence-corrected chi connectivity index (χ0v) is 22.7. The Balaban J connectivity index is 1.90. The summed E-state index contributed by atoms with van der Waals surface area (Å²) in [5.74, 6) is -1.09. The number of carbonyl (C=O) groups excluding carboxylic acids is 1. The Kier molecular flexibility index (Phi) is 7.36. The van der Waals surface area contributed by atoms with Crippen molar-refractivity contribution in [2.45, 2.75) is 30.2 Å². The predicted octanol–water partition coefficient (Wildman–Crippen LogP) is 6.17. The van der Waals surface area contributed by atoms with Crippen LogP contribution in [0.3, 0.4) is 0 Å². The number of hydrogen-bond donors (Lipinski definition) is 0. The summed E-state index contributed by atoms with van der Waals surface area (Å²) in [6, 6.07) is 25.5. The summed E-state index contributed by atoms with van der Waals surface area (Å²) in [5, 5.41) is 0.346. The Morgan fingerprint density at radius 2 is 1.57 bits per heavy atom. The third kappa shape index (κ3) is 5.05. The Labute approximate surface area is 231 Å². The number of hydrogen-bond acceptors (Lipinski definition) is 5. The monoisotopic (exact) mass is 555 g/mol. The first-order valence-corrected chi connectivity index (χ1v) is 14.2. The number of fused-ring (bicyclic) bond motifs is 1. The van der Waals surface area contributed by atoms with Gasteiger partial charge in [-0.05, 0) is 67.4 Å². The predicted molar refractivity (Wildman–Crippen MR) is 152 cm³/mol. The fourth-order valence-electron chi connectivity index (χ4n) is 4.69. The van der Waals surface area contributed by atoms with E-state index >= 15 is 0 Å². The molecule has 5 aromatic rings. The SMILES string of the molecule is CCOC(=O)c1ccc2c(cc(S(=O)(=O)c3ccc(C)cc3)c(=O)n2Cc2ccccc2)c1-c1ccc(F)cc1. The molecule has 0 unspecified atom stereocenters. The molecule has 1 heterocycles. The van der Waals surface area contributed by atoms with Gasteiger partial charge in [0.2, 0.25) is 9.84 Å². The molecular formula is C32H26FNO5S. The average molecular weight is 556 g/mol. The lowest BCUT2D eigenvalue weighted by atomic mass is 9.94. The van der Waals surface area contributed by atoms with Crippen molar-refractivity contribution in [3.8, 4) is 11.1 Å². The molecular weight excluding hydrogens is 529 g/mol. The van der Waals surface area contributed by atoms with Crippen molar-refractivity contribution in [1.82, 2.24) is 4.57 Å². The highest BCUT2D eigenvalue weighted by molar-refractivity contribution is 7.91. The van der Waals surface area contributed by atoms with Crippen molar-refractivity contribution in [2.24, 2.45) is 0 Å². The molecule has 0 spiro atoms. The molecule has 0 bridgehead atoms. The van der Waals surface area contributed by atoms with Gasteiger partial charge < -0.3 is 9.30 Å². The van der Waals surface area contributed by atoms with Crippen molar-refractivity contribution < 1.29 is 22.3 Å². The van der Waals surface area contributed by atoms with E-state index in [0.29, 0.717) is 22.0 Å². The highest BCUT2D eigenvalue weighted by atomic mass is 32.2. The standard InChI is InChI=1S/C32H26FNO5S/c1-3-39-32(36)26-17-18-28-27(30(26)23-11-13-24(33)14-12-23)19-29(40(37,38)25-15-9-21(2)10-16-25)31(35)34(28)20-22-7-5-4-6-8-22/h4-19H,3,20H2,1-2H3. The van der Waals surface area contributed by atoms with Crippen LogP contribution in [0, 0.1) is 12.7 Å².